The van der Waals surface area contributed by atoms with Crippen LogP contribution in [-0.4, -0.2) is 29.9 Å². The van der Waals surface area contributed by atoms with Gasteiger partial charge in [-0.1, -0.05) is 48.5 Å². The molecule has 7 nitrogen and oxygen atoms in total. The lowest BCUT2D eigenvalue weighted by Gasteiger charge is -2.13. The lowest BCUT2D eigenvalue weighted by molar-refractivity contribution is -0.286. The van der Waals surface area contributed by atoms with Crippen LogP contribution in [0.15, 0.2) is 66.7 Å². The summed E-state index contributed by atoms with van der Waals surface area (Å²) in [6.45, 7) is -0.421. The van der Waals surface area contributed by atoms with Crippen LogP contribution in [0.25, 0.3) is 0 Å². The number of aromatic carboxylic acids is 1. The van der Waals surface area contributed by atoms with Gasteiger partial charge in [-0.15, -0.1) is 8.78 Å². The standard InChI is InChI=1S/C23H17F2NO6/c24-23(25)31-18-11-10-16(20(22(28)29)21(18)32-23)26-19(27)13-30-17-9-5-4-8-15(17)12-14-6-2-1-3-7-14/h1-11H,12-13H2,(H,26,27)(H,28,29). The molecule has 0 saturated heterocycles. The van der Waals surface area contributed by atoms with Gasteiger partial charge in [-0.2, -0.15) is 0 Å². The van der Waals surface area contributed by atoms with E-state index in [4.69, 9.17) is 4.74 Å². The van der Waals surface area contributed by atoms with Gasteiger partial charge >= 0.3 is 12.3 Å². The van der Waals surface area contributed by atoms with E-state index in [0.717, 1.165) is 23.3 Å². The zero-order valence-electron chi connectivity index (χ0n) is 16.5. The molecule has 32 heavy (non-hydrogen) atoms. The highest BCUT2D eigenvalue weighted by Crippen LogP contribution is 2.45. The molecule has 0 fully saturated rings. The van der Waals surface area contributed by atoms with E-state index in [1.165, 1.54) is 0 Å². The fourth-order valence-electron chi connectivity index (χ4n) is 3.27. The van der Waals surface area contributed by atoms with Crippen LogP contribution >= 0.6 is 0 Å². The first-order valence-electron chi connectivity index (χ1n) is 9.53. The maximum absolute atomic E-state index is 13.3. The molecule has 0 spiro atoms. The SMILES string of the molecule is O=C(COc1ccccc1Cc1ccccc1)Nc1ccc2c(c1C(=O)O)OC(F)(F)O2. The summed E-state index contributed by atoms with van der Waals surface area (Å²) in [4.78, 5) is 24.0. The molecule has 0 aromatic heterocycles. The fraction of sp³-hybridized carbons (Fsp3) is 0.130. The molecule has 164 valence electrons. The molecule has 1 amide bonds. The Morgan fingerprint density at radius 2 is 1.69 bits per heavy atom. The number of carboxylic acid groups (broad SMARTS) is 1. The van der Waals surface area contributed by atoms with Gasteiger partial charge in [0.1, 0.15) is 11.3 Å². The molecular weight excluding hydrogens is 424 g/mol. The van der Waals surface area contributed by atoms with E-state index in [-0.39, 0.29) is 5.69 Å². The third-order valence-corrected chi connectivity index (χ3v) is 4.63. The summed E-state index contributed by atoms with van der Waals surface area (Å²) >= 11 is 0. The zero-order valence-corrected chi connectivity index (χ0v) is 16.5. The van der Waals surface area contributed by atoms with E-state index < -0.39 is 41.8 Å². The van der Waals surface area contributed by atoms with Crippen LogP contribution in [0.2, 0.25) is 0 Å². The van der Waals surface area contributed by atoms with E-state index in [1.54, 1.807) is 12.1 Å². The first-order valence-corrected chi connectivity index (χ1v) is 9.53. The van der Waals surface area contributed by atoms with Crippen molar-refractivity contribution in [2.24, 2.45) is 0 Å². The van der Waals surface area contributed by atoms with E-state index in [2.05, 4.69) is 14.8 Å². The number of hydrogen-bond donors (Lipinski definition) is 2. The number of halogens is 2. The van der Waals surface area contributed by atoms with Crippen molar-refractivity contribution >= 4 is 17.6 Å². The molecule has 2 N–H and O–H groups in total. The predicted molar refractivity (Wildman–Crippen MR) is 109 cm³/mol. The Labute approximate surface area is 181 Å². The third-order valence-electron chi connectivity index (χ3n) is 4.63. The third kappa shape index (κ3) is 4.61. The van der Waals surface area contributed by atoms with Gasteiger partial charge in [0, 0.05) is 6.42 Å². The minimum atomic E-state index is -3.99. The number of ether oxygens (including phenoxy) is 3. The van der Waals surface area contributed by atoms with Gasteiger partial charge in [-0.3, -0.25) is 4.79 Å². The summed E-state index contributed by atoms with van der Waals surface area (Å²) < 4.78 is 40.8. The van der Waals surface area contributed by atoms with Crippen molar-refractivity contribution in [2.75, 3.05) is 11.9 Å². The van der Waals surface area contributed by atoms with Gasteiger partial charge in [-0.05, 0) is 29.3 Å². The number of benzene rings is 3. The Hall–Kier alpha value is -4.14. The molecule has 0 radical (unpaired) electrons. The second-order valence-electron chi connectivity index (χ2n) is 6.89. The average Bonchev–Trinajstić information content (AvgIpc) is 3.07. The van der Waals surface area contributed by atoms with Gasteiger partial charge in [-0.25, -0.2) is 4.79 Å². The van der Waals surface area contributed by atoms with E-state index in [1.807, 2.05) is 42.5 Å². The highest BCUT2D eigenvalue weighted by molar-refractivity contribution is 6.03. The number of carbonyl (C=O) groups excluding carboxylic acids is 1. The number of nitrogens with one attached hydrogen (secondary N) is 1. The van der Waals surface area contributed by atoms with Crippen LogP contribution in [-0.2, 0) is 11.2 Å². The van der Waals surface area contributed by atoms with Gasteiger partial charge in [0.15, 0.2) is 18.1 Å². The zero-order chi connectivity index (χ0) is 22.7. The Balaban J connectivity index is 1.47. The van der Waals surface area contributed by atoms with E-state index in [9.17, 15) is 23.5 Å². The number of carboxylic acids is 1. The number of fused-ring (bicyclic) bond motifs is 1. The Morgan fingerprint density at radius 3 is 2.44 bits per heavy atom. The highest BCUT2D eigenvalue weighted by Gasteiger charge is 2.46. The Morgan fingerprint density at radius 1 is 0.969 bits per heavy atom. The summed E-state index contributed by atoms with van der Waals surface area (Å²) in [5.41, 5.74) is 1.07. The molecule has 1 aliphatic rings. The topological polar surface area (TPSA) is 94.1 Å². The number of anilines is 1. The van der Waals surface area contributed by atoms with Crippen molar-refractivity contribution in [1.29, 1.82) is 0 Å². The molecule has 4 rings (SSSR count). The van der Waals surface area contributed by atoms with Gasteiger partial charge in [0.25, 0.3) is 5.91 Å². The smallest absolute Gasteiger partial charge is 0.483 e. The molecule has 0 aliphatic carbocycles. The predicted octanol–water partition coefficient (Wildman–Crippen LogP) is 4.31. The van der Waals surface area contributed by atoms with Gasteiger partial charge in [0.2, 0.25) is 0 Å². The van der Waals surface area contributed by atoms with Crippen molar-refractivity contribution in [3.63, 3.8) is 0 Å². The van der Waals surface area contributed by atoms with Gasteiger partial charge < -0.3 is 24.6 Å². The lowest BCUT2D eigenvalue weighted by atomic mass is 10.0. The highest BCUT2D eigenvalue weighted by atomic mass is 19.3. The molecule has 1 aliphatic heterocycles. The Kier molecular flexibility index (Phi) is 5.63. The fourth-order valence-corrected chi connectivity index (χ4v) is 3.27. The summed E-state index contributed by atoms with van der Waals surface area (Å²) in [5, 5.41) is 11.8. The van der Waals surface area contributed by atoms with Crippen LogP contribution in [0.3, 0.4) is 0 Å². The number of para-hydroxylation sites is 1. The number of hydrogen-bond acceptors (Lipinski definition) is 5. The first-order chi connectivity index (χ1) is 15.3. The van der Waals surface area contributed by atoms with E-state index >= 15 is 0 Å². The maximum Gasteiger partial charge on any atom is 0.586 e. The molecule has 3 aromatic carbocycles. The van der Waals surface area contributed by atoms with Crippen LogP contribution in [0.5, 0.6) is 17.2 Å². The molecule has 0 atom stereocenters. The number of amides is 1. The maximum atomic E-state index is 13.3. The van der Waals surface area contributed by atoms with Crippen molar-refractivity contribution in [1.82, 2.24) is 0 Å². The monoisotopic (exact) mass is 441 g/mol. The summed E-state index contributed by atoms with van der Waals surface area (Å²) in [6, 6.07) is 19.2. The Bertz CT molecular complexity index is 1170. The molecule has 9 heteroatoms. The van der Waals surface area contributed by atoms with Crippen LogP contribution in [0.4, 0.5) is 14.5 Å². The first kappa shape index (κ1) is 21.1. The summed E-state index contributed by atoms with van der Waals surface area (Å²) in [7, 11) is 0. The van der Waals surface area contributed by atoms with Crippen molar-refractivity contribution < 1.29 is 37.7 Å². The average molecular weight is 441 g/mol. The second-order valence-corrected chi connectivity index (χ2v) is 6.89. The minimum Gasteiger partial charge on any atom is -0.483 e. The normalized spacial score (nSPS) is 13.4. The molecule has 3 aromatic rings. The van der Waals surface area contributed by atoms with E-state index in [0.29, 0.717) is 12.2 Å². The van der Waals surface area contributed by atoms with Crippen LogP contribution in [0, 0.1) is 0 Å². The van der Waals surface area contributed by atoms with Crippen LogP contribution < -0.4 is 19.5 Å². The molecular formula is C23H17F2NO6. The van der Waals surface area contributed by atoms with Crippen molar-refractivity contribution in [3.05, 3.63) is 83.4 Å². The largest absolute Gasteiger partial charge is 0.586 e. The number of carbonyl (C=O) groups is 2. The molecule has 0 unspecified atom stereocenters. The van der Waals surface area contributed by atoms with Crippen LogP contribution in [0.1, 0.15) is 21.5 Å². The number of rotatable bonds is 7. The minimum absolute atomic E-state index is 0.219. The molecule has 1 heterocycles. The quantitative estimate of drug-likeness (QED) is 0.567. The second kappa shape index (κ2) is 8.54. The summed E-state index contributed by atoms with van der Waals surface area (Å²) in [6.07, 6.45) is -3.39. The molecule has 0 saturated carbocycles. The number of alkyl halides is 2. The van der Waals surface area contributed by atoms with Gasteiger partial charge in [0.05, 0.1) is 5.69 Å². The van der Waals surface area contributed by atoms with Crippen molar-refractivity contribution in [3.8, 4) is 17.2 Å². The summed E-state index contributed by atoms with van der Waals surface area (Å²) in [5.74, 6) is -2.83. The van der Waals surface area contributed by atoms with Crippen molar-refractivity contribution in [2.45, 2.75) is 12.7 Å². The molecule has 0 bridgehead atoms. The lowest BCUT2D eigenvalue weighted by Crippen LogP contribution is -2.26.